The Morgan fingerprint density at radius 3 is 2.54 bits per heavy atom. The van der Waals surface area contributed by atoms with Crippen LogP contribution in [0.2, 0.25) is 0 Å². The smallest absolute Gasteiger partial charge is 0.303 e. The fourth-order valence-corrected chi connectivity index (χ4v) is 3.00. The third-order valence-corrected chi connectivity index (χ3v) is 4.32. The Morgan fingerprint density at radius 1 is 1.17 bits per heavy atom. The van der Waals surface area contributed by atoms with Gasteiger partial charge in [0.2, 0.25) is 0 Å². The number of rotatable bonds is 4. The Hall–Kier alpha value is -2.63. The molecule has 0 unspecified atom stereocenters. The Morgan fingerprint density at radius 2 is 1.88 bits per heavy atom. The standard InChI is InChI=1S/C18H18FNO4/c19-14-4-2-1-3-13(14)15-5-6-16(24-15)18(23)20-9-7-12(8-10-20)11-17(21)22/h1-6,12H,7-11H2,(H,21,22). The van der Waals surface area contributed by atoms with E-state index in [1.54, 1.807) is 35.2 Å². The van der Waals surface area contributed by atoms with Crippen molar-refractivity contribution in [3.05, 3.63) is 48.0 Å². The van der Waals surface area contributed by atoms with Gasteiger partial charge in [0.25, 0.3) is 5.91 Å². The first-order chi connectivity index (χ1) is 11.5. The van der Waals surface area contributed by atoms with Gasteiger partial charge < -0.3 is 14.4 Å². The first-order valence-corrected chi connectivity index (χ1v) is 7.90. The molecule has 1 fully saturated rings. The molecular weight excluding hydrogens is 313 g/mol. The molecule has 5 nitrogen and oxygen atoms in total. The van der Waals surface area contributed by atoms with Crippen LogP contribution in [-0.2, 0) is 4.79 Å². The van der Waals surface area contributed by atoms with Crippen LogP contribution in [0.3, 0.4) is 0 Å². The normalized spacial score (nSPS) is 15.5. The van der Waals surface area contributed by atoms with Gasteiger partial charge in [0.15, 0.2) is 5.76 Å². The average Bonchev–Trinajstić information content (AvgIpc) is 3.04. The third-order valence-electron chi connectivity index (χ3n) is 4.32. The number of benzene rings is 1. The summed E-state index contributed by atoms with van der Waals surface area (Å²) in [6, 6.07) is 9.37. The van der Waals surface area contributed by atoms with Crippen molar-refractivity contribution < 1.29 is 23.5 Å². The van der Waals surface area contributed by atoms with Crippen molar-refractivity contribution in [3.63, 3.8) is 0 Å². The average molecular weight is 331 g/mol. The van der Waals surface area contributed by atoms with Crippen LogP contribution in [0.5, 0.6) is 0 Å². The molecular formula is C18H18FNO4. The minimum atomic E-state index is -0.805. The minimum Gasteiger partial charge on any atom is -0.481 e. The molecule has 0 spiro atoms. The van der Waals surface area contributed by atoms with Crippen LogP contribution in [0.25, 0.3) is 11.3 Å². The summed E-state index contributed by atoms with van der Waals surface area (Å²) < 4.78 is 19.3. The molecule has 1 N–H and O–H groups in total. The van der Waals surface area contributed by atoms with Gasteiger partial charge in [0.1, 0.15) is 11.6 Å². The van der Waals surface area contributed by atoms with E-state index in [0.29, 0.717) is 37.3 Å². The fourth-order valence-electron chi connectivity index (χ4n) is 3.00. The van der Waals surface area contributed by atoms with Gasteiger partial charge in [-0.3, -0.25) is 9.59 Å². The van der Waals surface area contributed by atoms with E-state index in [2.05, 4.69) is 0 Å². The summed E-state index contributed by atoms with van der Waals surface area (Å²) in [5.41, 5.74) is 0.316. The maximum atomic E-state index is 13.8. The molecule has 0 bridgehead atoms. The number of hydrogen-bond acceptors (Lipinski definition) is 3. The summed E-state index contributed by atoms with van der Waals surface area (Å²) in [4.78, 5) is 24.9. The van der Waals surface area contributed by atoms with Gasteiger partial charge in [0.05, 0.1) is 5.56 Å². The molecule has 0 saturated carbocycles. The van der Waals surface area contributed by atoms with Crippen molar-refractivity contribution in [1.29, 1.82) is 0 Å². The lowest BCUT2D eigenvalue weighted by atomic mass is 9.93. The van der Waals surface area contributed by atoms with Crippen molar-refractivity contribution in [1.82, 2.24) is 4.90 Å². The lowest BCUT2D eigenvalue weighted by molar-refractivity contribution is -0.138. The Kier molecular flexibility index (Phi) is 4.64. The number of amides is 1. The summed E-state index contributed by atoms with van der Waals surface area (Å²) in [6.07, 6.45) is 1.47. The van der Waals surface area contributed by atoms with Gasteiger partial charge in [-0.05, 0) is 43.0 Å². The van der Waals surface area contributed by atoms with Crippen molar-refractivity contribution in [3.8, 4) is 11.3 Å². The molecule has 0 atom stereocenters. The molecule has 1 saturated heterocycles. The molecule has 2 heterocycles. The highest BCUT2D eigenvalue weighted by molar-refractivity contribution is 5.92. The second kappa shape index (κ2) is 6.86. The number of carbonyl (C=O) groups is 2. The van der Waals surface area contributed by atoms with E-state index in [1.165, 1.54) is 6.07 Å². The first-order valence-electron chi connectivity index (χ1n) is 7.90. The summed E-state index contributed by atoms with van der Waals surface area (Å²) in [6.45, 7) is 1.01. The minimum absolute atomic E-state index is 0.108. The zero-order chi connectivity index (χ0) is 17.1. The quantitative estimate of drug-likeness (QED) is 0.932. The van der Waals surface area contributed by atoms with Crippen LogP contribution in [0.15, 0.2) is 40.8 Å². The van der Waals surface area contributed by atoms with Gasteiger partial charge in [-0.1, -0.05) is 12.1 Å². The van der Waals surface area contributed by atoms with Crippen molar-refractivity contribution in [2.75, 3.05) is 13.1 Å². The summed E-state index contributed by atoms with van der Waals surface area (Å²) in [5, 5.41) is 8.83. The molecule has 1 amide bonds. The second-order valence-corrected chi connectivity index (χ2v) is 5.98. The number of aliphatic carboxylic acids is 1. The monoisotopic (exact) mass is 331 g/mol. The van der Waals surface area contributed by atoms with E-state index in [9.17, 15) is 14.0 Å². The van der Waals surface area contributed by atoms with Gasteiger partial charge in [-0.15, -0.1) is 0 Å². The molecule has 1 aliphatic heterocycles. The highest BCUT2D eigenvalue weighted by Gasteiger charge is 2.26. The van der Waals surface area contributed by atoms with Gasteiger partial charge in [0, 0.05) is 19.5 Å². The molecule has 1 aromatic heterocycles. The number of carboxylic acid groups (broad SMARTS) is 1. The van der Waals surface area contributed by atoms with Gasteiger partial charge >= 0.3 is 5.97 Å². The molecule has 24 heavy (non-hydrogen) atoms. The SMILES string of the molecule is O=C(O)CC1CCN(C(=O)c2ccc(-c3ccccc3F)o2)CC1. The maximum absolute atomic E-state index is 13.8. The number of furan rings is 1. The van der Waals surface area contributed by atoms with E-state index in [1.807, 2.05) is 0 Å². The second-order valence-electron chi connectivity index (χ2n) is 5.98. The van der Waals surface area contributed by atoms with Gasteiger partial charge in [-0.25, -0.2) is 4.39 Å². The third kappa shape index (κ3) is 3.48. The van der Waals surface area contributed by atoms with Crippen molar-refractivity contribution >= 4 is 11.9 Å². The Bertz CT molecular complexity index is 747. The van der Waals surface area contributed by atoms with Crippen molar-refractivity contribution in [2.45, 2.75) is 19.3 Å². The molecule has 6 heteroatoms. The van der Waals surface area contributed by atoms with E-state index in [4.69, 9.17) is 9.52 Å². The van der Waals surface area contributed by atoms with Crippen LogP contribution in [0, 0.1) is 11.7 Å². The largest absolute Gasteiger partial charge is 0.481 e. The number of nitrogens with zero attached hydrogens (tertiary/aromatic N) is 1. The van der Waals surface area contributed by atoms with E-state index >= 15 is 0 Å². The molecule has 1 aromatic carbocycles. The number of halogens is 1. The molecule has 2 aromatic rings. The zero-order valence-corrected chi connectivity index (χ0v) is 13.1. The number of likely N-dealkylation sites (tertiary alicyclic amines) is 1. The maximum Gasteiger partial charge on any atom is 0.303 e. The number of hydrogen-bond donors (Lipinski definition) is 1. The van der Waals surface area contributed by atoms with Crippen LogP contribution in [0.1, 0.15) is 29.8 Å². The topological polar surface area (TPSA) is 70.8 Å². The number of carboxylic acids is 1. The molecule has 0 radical (unpaired) electrons. The number of piperidine rings is 1. The molecule has 126 valence electrons. The fraction of sp³-hybridized carbons (Fsp3) is 0.333. The first kappa shape index (κ1) is 16.2. The lowest BCUT2D eigenvalue weighted by Gasteiger charge is -2.30. The Balaban J connectivity index is 1.67. The predicted octanol–water partition coefficient (Wildman–Crippen LogP) is 3.41. The molecule has 1 aliphatic rings. The Labute approximate surface area is 138 Å². The van der Waals surface area contributed by atoms with E-state index < -0.39 is 11.8 Å². The summed E-state index contributed by atoms with van der Waals surface area (Å²) in [7, 11) is 0. The highest BCUT2D eigenvalue weighted by Crippen LogP contribution is 2.27. The molecule has 3 rings (SSSR count). The predicted molar refractivity (Wildman–Crippen MR) is 85.0 cm³/mol. The van der Waals surface area contributed by atoms with E-state index in [0.717, 1.165) is 0 Å². The van der Waals surface area contributed by atoms with Crippen LogP contribution in [-0.4, -0.2) is 35.0 Å². The highest BCUT2D eigenvalue weighted by atomic mass is 19.1. The van der Waals surface area contributed by atoms with E-state index in [-0.39, 0.29) is 24.0 Å². The zero-order valence-electron chi connectivity index (χ0n) is 13.1. The van der Waals surface area contributed by atoms with Gasteiger partial charge in [-0.2, -0.15) is 0 Å². The van der Waals surface area contributed by atoms with Crippen LogP contribution < -0.4 is 0 Å². The summed E-state index contributed by atoms with van der Waals surface area (Å²) in [5.74, 6) is -0.855. The van der Waals surface area contributed by atoms with Crippen LogP contribution >= 0.6 is 0 Å². The molecule has 0 aliphatic carbocycles. The van der Waals surface area contributed by atoms with Crippen LogP contribution in [0.4, 0.5) is 4.39 Å². The number of carbonyl (C=O) groups excluding carboxylic acids is 1. The summed E-state index contributed by atoms with van der Waals surface area (Å²) >= 11 is 0. The van der Waals surface area contributed by atoms with Crippen molar-refractivity contribution in [2.24, 2.45) is 5.92 Å². The lowest BCUT2D eigenvalue weighted by Crippen LogP contribution is -2.38.